The highest BCUT2D eigenvalue weighted by Crippen LogP contribution is 2.22. The van der Waals surface area contributed by atoms with Crippen LogP contribution in [0.1, 0.15) is 5.56 Å². The van der Waals surface area contributed by atoms with E-state index in [1.165, 1.54) is 22.2 Å². The lowest BCUT2D eigenvalue weighted by Crippen LogP contribution is -2.23. The van der Waals surface area contributed by atoms with Gasteiger partial charge in [0.1, 0.15) is 17.8 Å². The lowest BCUT2D eigenvalue weighted by Gasteiger charge is -2.05. The summed E-state index contributed by atoms with van der Waals surface area (Å²) >= 11 is 1.32. The van der Waals surface area contributed by atoms with Crippen LogP contribution in [0.15, 0.2) is 65.7 Å². The molecule has 4 aromatic rings. The minimum Gasteiger partial charge on any atom is -0.457 e. The maximum Gasteiger partial charge on any atom is 0.291 e. The van der Waals surface area contributed by atoms with E-state index in [4.69, 9.17) is 4.74 Å². The zero-order valence-electron chi connectivity index (χ0n) is 11.9. The SMILES string of the molecule is O=c1/c(=C/c2cccc(Oc3ccccc3)c2)sc2ncnn12. The number of benzene rings is 2. The molecule has 0 saturated heterocycles. The average molecular weight is 321 g/mol. The van der Waals surface area contributed by atoms with Crippen molar-refractivity contribution in [1.82, 2.24) is 14.6 Å². The van der Waals surface area contributed by atoms with Gasteiger partial charge in [-0.3, -0.25) is 4.79 Å². The second-order valence-corrected chi connectivity index (χ2v) is 5.87. The van der Waals surface area contributed by atoms with Gasteiger partial charge >= 0.3 is 0 Å². The van der Waals surface area contributed by atoms with Crippen molar-refractivity contribution in [3.8, 4) is 11.5 Å². The summed E-state index contributed by atoms with van der Waals surface area (Å²) in [6.07, 6.45) is 3.20. The molecule has 23 heavy (non-hydrogen) atoms. The Morgan fingerprint density at radius 1 is 1.04 bits per heavy atom. The molecule has 0 saturated carbocycles. The van der Waals surface area contributed by atoms with Gasteiger partial charge < -0.3 is 4.74 Å². The van der Waals surface area contributed by atoms with Crippen LogP contribution in [0.2, 0.25) is 0 Å². The van der Waals surface area contributed by atoms with Crippen molar-refractivity contribution in [3.63, 3.8) is 0 Å². The molecule has 0 aliphatic rings. The molecule has 0 amide bonds. The van der Waals surface area contributed by atoms with Crippen LogP contribution in [0.5, 0.6) is 11.5 Å². The summed E-state index contributed by atoms with van der Waals surface area (Å²) in [5.41, 5.74) is 0.733. The minimum atomic E-state index is -0.156. The van der Waals surface area contributed by atoms with E-state index in [1.807, 2.05) is 60.7 Å². The van der Waals surface area contributed by atoms with Gasteiger partial charge in [-0.05, 0) is 35.9 Å². The van der Waals surface area contributed by atoms with Crippen LogP contribution in [0, 0.1) is 0 Å². The highest BCUT2D eigenvalue weighted by Gasteiger charge is 2.05. The van der Waals surface area contributed by atoms with Crippen LogP contribution in [0.4, 0.5) is 0 Å². The van der Waals surface area contributed by atoms with E-state index in [-0.39, 0.29) is 5.56 Å². The summed E-state index contributed by atoms with van der Waals surface area (Å²) in [4.78, 5) is 16.8. The zero-order chi connectivity index (χ0) is 15.6. The molecule has 0 bridgehead atoms. The van der Waals surface area contributed by atoms with Crippen LogP contribution in [0.25, 0.3) is 11.0 Å². The maximum atomic E-state index is 12.2. The first-order valence-corrected chi connectivity index (χ1v) is 7.78. The Bertz CT molecular complexity index is 1070. The predicted molar refractivity (Wildman–Crippen MR) is 88.9 cm³/mol. The van der Waals surface area contributed by atoms with Crippen molar-refractivity contribution < 1.29 is 4.74 Å². The smallest absolute Gasteiger partial charge is 0.291 e. The molecule has 5 nitrogen and oxygen atoms in total. The molecule has 0 fully saturated rings. The van der Waals surface area contributed by atoms with Gasteiger partial charge in [0.05, 0.1) is 4.53 Å². The van der Waals surface area contributed by atoms with Crippen LogP contribution >= 0.6 is 11.3 Å². The second kappa shape index (κ2) is 5.66. The van der Waals surface area contributed by atoms with Gasteiger partial charge in [0.2, 0.25) is 4.96 Å². The lowest BCUT2D eigenvalue weighted by molar-refractivity contribution is 0.482. The van der Waals surface area contributed by atoms with Crippen molar-refractivity contribution in [1.29, 1.82) is 0 Å². The highest BCUT2D eigenvalue weighted by molar-refractivity contribution is 7.15. The molecule has 0 aliphatic carbocycles. The Hall–Kier alpha value is -2.99. The first kappa shape index (κ1) is 13.7. The highest BCUT2D eigenvalue weighted by atomic mass is 32.1. The summed E-state index contributed by atoms with van der Waals surface area (Å²) in [7, 11) is 0. The second-order valence-electron chi connectivity index (χ2n) is 4.86. The molecule has 0 radical (unpaired) electrons. The summed E-state index contributed by atoms with van der Waals surface area (Å²) in [5, 5.41) is 3.91. The van der Waals surface area contributed by atoms with E-state index in [9.17, 15) is 4.79 Å². The van der Waals surface area contributed by atoms with Gasteiger partial charge in [0.15, 0.2) is 0 Å². The molecule has 2 aromatic carbocycles. The lowest BCUT2D eigenvalue weighted by atomic mass is 10.2. The molecular formula is C17H11N3O2S. The van der Waals surface area contributed by atoms with E-state index in [0.717, 1.165) is 17.1 Å². The Labute approximate surface area is 135 Å². The van der Waals surface area contributed by atoms with Crippen molar-refractivity contribution in [2.45, 2.75) is 0 Å². The fraction of sp³-hybridized carbons (Fsp3) is 0. The summed E-state index contributed by atoms with van der Waals surface area (Å²) in [6, 6.07) is 17.2. The normalized spacial score (nSPS) is 11.9. The van der Waals surface area contributed by atoms with E-state index in [2.05, 4.69) is 10.1 Å². The van der Waals surface area contributed by atoms with Gasteiger partial charge in [-0.15, -0.1) is 0 Å². The molecule has 0 unspecified atom stereocenters. The van der Waals surface area contributed by atoms with E-state index in [1.54, 1.807) is 0 Å². The molecule has 0 spiro atoms. The monoisotopic (exact) mass is 321 g/mol. The van der Waals surface area contributed by atoms with Gasteiger partial charge in [-0.25, -0.2) is 4.98 Å². The first-order valence-electron chi connectivity index (χ1n) is 6.97. The van der Waals surface area contributed by atoms with E-state index >= 15 is 0 Å². The Kier molecular flexibility index (Phi) is 3.36. The van der Waals surface area contributed by atoms with Crippen molar-refractivity contribution in [3.05, 3.63) is 81.4 Å². The summed E-state index contributed by atoms with van der Waals surface area (Å²) in [5.74, 6) is 1.49. The fourth-order valence-electron chi connectivity index (χ4n) is 2.22. The maximum absolute atomic E-state index is 12.2. The van der Waals surface area contributed by atoms with Gasteiger partial charge in [0, 0.05) is 0 Å². The number of ether oxygens (including phenoxy) is 1. The van der Waals surface area contributed by atoms with Gasteiger partial charge in [-0.2, -0.15) is 9.61 Å². The topological polar surface area (TPSA) is 56.5 Å². The Balaban J connectivity index is 1.71. The third-order valence-electron chi connectivity index (χ3n) is 3.26. The molecule has 0 aliphatic heterocycles. The fourth-order valence-corrected chi connectivity index (χ4v) is 3.10. The Morgan fingerprint density at radius 2 is 1.87 bits per heavy atom. The van der Waals surface area contributed by atoms with Crippen molar-refractivity contribution in [2.24, 2.45) is 0 Å². The largest absolute Gasteiger partial charge is 0.457 e. The summed E-state index contributed by atoms with van der Waals surface area (Å²) < 4.78 is 7.71. The predicted octanol–water partition coefficient (Wildman–Crippen LogP) is 2.49. The zero-order valence-corrected chi connectivity index (χ0v) is 12.7. The number of thiazole rings is 1. The molecule has 6 heteroatoms. The third kappa shape index (κ3) is 2.72. The Morgan fingerprint density at radius 3 is 2.70 bits per heavy atom. The van der Waals surface area contributed by atoms with Gasteiger partial charge in [-0.1, -0.05) is 41.7 Å². The van der Waals surface area contributed by atoms with Gasteiger partial charge in [0.25, 0.3) is 5.56 Å². The third-order valence-corrected chi connectivity index (χ3v) is 4.23. The first-order chi connectivity index (χ1) is 11.3. The average Bonchev–Trinajstić information content (AvgIpc) is 3.13. The number of para-hydroxylation sites is 1. The number of hydrogen-bond donors (Lipinski definition) is 0. The quantitative estimate of drug-likeness (QED) is 0.582. The minimum absolute atomic E-state index is 0.156. The molecule has 2 heterocycles. The molecule has 0 atom stereocenters. The molecule has 2 aromatic heterocycles. The number of rotatable bonds is 3. The van der Waals surface area contributed by atoms with E-state index < -0.39 is 0 Å². The number of nitrogens with zero attached hydrogens (tertiary/aromatic N) is 3. The number of aromatic nitrogens is 3. The number of fused-ring (bicyclic) bond motifs is 1. The van der Waals surface area contributed by atoms with Crippen LogP contribution < -0.4 is 14.8 Å². The molecule has 0 N–H and O–H groups in total. The molecule has 112 valence electrons. The van der Waals surface area contributed by atoms with Crippen molar-refractivity contribution >= 4 is 22.4 Å². The standard InChI is InChI=1S/C17H11N3O2S/c21-16-15(23-17-18-11-19-20(16)17)10-12-5-4-8-14(9-12)22-13-6-2-1-3-7-13/h1-11H/b15-10-. The van der Waals surface area contributed by atoms with Crippen molar-refractivity contribution in [2.75, 3.05) is 0 Å². The molecular weight excluding hydrogens is 310 g/mol. The summed E-state index contributed by atoms with van der Waals surface area (Å²) in [6.45, 7) is 0. The van der Waals surface area contributed by atoms with E-state index in [0.29, 0.717) is 9.49 Å². The number of hydrogen-bond acceptors (Lipinski definition) is 5. The molecule has 4 rings (SSSR count). The van der Waals surface area contributed by atoms with Crippen LogP contribution in [-0.2, 0) is 0 Å². The van der Waals surface area contributed by atoms with Crippen LogP contribution in [0.3, 0.4) is 0 Å². The van der Waals surface area contributed by atoms with Crippen LogP contribution in [-0.4, -0.2) is 14.6 Å².